The molecule has 5 heteroatoms. The van der Waals surface area contributed by atoms with Crippen LogP contribution in [0.1, 0.15) is 60.8 Å². The van der Waals surface area contributed by atoms with Crippen LogP contribution in [-0.2, 0) is 14.3 Å². The van der Waals surface area contributed by atoms with E-state index in [4.69, 9.17) is 4.74 Å². The van der Waals surface area contributed by atoms with Crippen molar-refractivity contribution in [3.05, 3.63) is 0 Å². The van der Waals surface area contributed by atoms with Crippen LogP contribution in [0.25, 0.3) is 0 Å². The smallest absolute Gasteiger partial charge is 0.311 e. The molecule has 0 bridgehead atoms. The summed E-state index contributed by atoms with van der Waals surface area (Å²) in [5.41, 5.74) is -1.44. The van der Waals surface area contributed by atoms with Gasteiger partial charge in [-0.3, -0.25) is 9.59 Å². The molecule has 2 N–H and O–H groups in total. The molecule has 0 heterocycles. The largest absolute Gasteiger partial charge is 0.481 e. The van der Waals surface area contributed by atoms with E-state index in [0.717, 1.165) is 12.8 Å². The fourth-order valence-corrected chi connectivity index (χ4v) is 2.30. The van der Waals surface area contributed by atoms with Gasteiger partial charge >= 0.3 is 11.9 Å². The van der Waals surface area contributed by atoms with Gasteiger partial charge in [0.1, 0.15) is 0 Å². The summed E-state index contributed by atoms with van der Waals surface area (Å²) in [5.74, 6) is -1.45. The number of esters is 1. The predicted octanol–water partition coefficient (Wildman–Crippen LogP) is 3.10. The van der Waals surface area contributed by atoms with Crippen molar-refractivity contribution >= 4 is 11.9 Å². The highest BCUT2D eigenvalue weighted by molar-refractivity contribution is 5.75. The minimum Gasteiger partial charge on any atom is -0.481 e. The van der Waals surface area contributed by atoms with Gasteiger partial charge in [-0.05, 0) is 53.4 Å². The van der Waals surface area contributed by atoms with Gasteiger partial charge in [-0.25, -0.2) is 0 Å². The first-order valence-corrected chi connectivity index (χ1v) is 7.98. The van der Waals surface area contributed by atoms with Crippen LogP contribution in [0.5, 0.6) is 0 Å². The summed E-state index contributed by atoms with van der Waals surface area (Å²) in [6.07, 6.45) is 2.17. The molecule has 5 nitrogen and oxygen atoms in total. The van der Waals surface area contributed by atoms with E-state index in [1.54, 1.807) is 34.6 Å². The van der Waals surface area contributed by atoms with Crippen molar-refractivity contribution in [1.29, 1.82) is 0 Å². The van der Waals surface area contributed by atoms with Gasteiger partial charge in [0.25, 0.3) is 0 Å². The maximum Gasteiger partial charge on any atom is 0.311 e. The summed E-state index contributed by atoms with van der Waals surface area (Å²) in [6, 6.07) is 0. The lowest BCUT2D eigenvalue weighted by Gasteiger charge is -2.33. The number of aliphatic hydroxyl groups excluding tert-OH is 1. The fraction of sp³-hybridized carbons (Fsp3) is 0.882. The van der Waals surface area contributed by atoms with E-state index in [-0.39, 0.29) is 31.0 Å². The predicted molar refractivity (Wildman–Crippen MR) is 85.4 cm³/mol. The van der Waals surface area contributed by atoms with Crippen LogP contribution in [0.2, 0.25) is 0 Å². The lowest BCUT2D eigenvalue weighted by Crippen LogP contribution is -2.36. The highest BCUT2D eigenvalue weighted by Crippen LogP contribution is 2.36. The summed E-state index contributed by atoms with van der Waals surface area (Å²) in [7, 11) is 0. The molecule has 0 aromatic heterocycles. The number of aliphatic carboxylic acids is 1. The molecule has 130 valence electrons. The zero-order valence-corrected chi connectivity index (χ0v) is 14.8. The maximum atomic E-state index is 11.8. The van der Waals surface area contributed by atoms with Gasteiger partial charge in [0.15, 0.2) is 0 Å². The minimum absolute atomic E-state index is 0.0690. The molecule has 0 aliphatic heterocycles. The number of rotatable bonds is 9. The Hall–Kier alpha value is -1.10. The molecule has 0 aromatic rings. The molecule has 2 unspecified atom stereocenters. The van der Waals surface area contributed by atoms with Crippen LogP contribution in [0.3, 0.4) is 0 Å². The van der Waals surface area contributed by atoms with E-state index in [0.29, 0.717) is 6.42 Å². The molecule has 0 amide bonds. The number of carbonyl (C=O) groups is 2. The molecule has 0 aliphatic carbocycles. The molecule has 0 saturated carbocycles. The Morgan fingerprint density at radius 1 is 1.14 bits per heavy atom. The van der Waals surface area contributed by atoms with Crippen molar-refractivity contribution in [2.45, 2.75) is 60.8 Å². The second kappa shape index (κ2) is 8.51. The van der Waals surface area contributed by atoms with Gasteiger partial charge in [0, 0.05) is 12.5 Å². The Morgan fingerprint density at radius 3 is 2.05 bits per heavy atom. The molecule has 0 fully saturated rings. The van der Waals surface area contributed by atoms with Crippen molar-refractivity contribution in [1.82, 2.24) is 0 Å². The number of aliphatic hydroxyl groups is 1. The Balaban J connectivity index is 4.80. The zero-order valence-electron chi connectivity index (χ0n) is 14.8. The summed E-state index contributed by atoms with van der Waals surface area (Å²) >= 11 is 0. The molecule has 2 atom stereocenters. The Labute approximate surface area is 134 Å². The van der Waals surface area contributed by atoms with E-state index in [9.17, 15) is 19.8 Å². The first kappa shape index (κ1) is 20.9. The topological polar surface area (TPSA) is 83.8 Å². The minimum atomic E-state index is -0.864. The normalized spacial score (nSPS) is 15.2. The first-order valence-electron chi connectivity index (χ1n) is 7.98. The summed E-state index contributed by atoms with van der Waals surface area (Å²) in [5, 5.41) is 18.9. The van der Waals surface area contributed by atoms with E-state index in [2.05, 4.69) is 0 Å². The van der Waals surface area contributed by atoms with Gasteiger partial charge in [-0.2, -0.15) is 0 Å². The average Bonchev–Trinajstić information content (AvgIpc) is 2.40. The molecule has 22 heavy (non-hydrogen) atoms. The van der Waals surface area contributed by atoms with Crippen molar-refractivity contribution in [3.63, 3.8) is 0 Å². The van der Waals surface area contributed by atoms with E-state index in [1.165, 1.54) is 0 Å². The first-order chi connectivity index (χ1) is 9.96. The van der Waals surface area contributed by atoms with Gasteiger partial charge in [0.2, 0.25) is 0 Å². The quantitative estimate of drug-likeness (QED) is 0.639. The van der Waals surface area contributed by atoms with Crippen LogP contribution < -0.4 is 0 Å². The SMILES string of the molecule is CCCC(CC(CO)COC(=O)C(C)(C)C)C(C)(C)C(=O)O. The third-order valence-electron chi connectivity index (χ3n) is 4.15. The van der Waals surface area contributed by atoms with Crippen LogP contribution in [0.4, 0.5) is 0 Å². The molecule has 0 saturated heterocycles. The number of carboxylic acids is 1. The Bertz CT molecular complexity index is 368. The van der Waals surface area contributed by atoms with Gasteiger partial charge in [0.05, 0.1) is 17.4 Å². The molecule has 0 aliphatic rings. The van der Waals surface area contributed by atoms with Crippen LogP contribution in [0.15, 0.2) is 0 Å². The monoisotopic (exact) mass is 316 g/mol. The summed E-state index contributed by atoms with van der Waals surface area (Å²) < 4.78 is 5.27. The summed E-state index contributed by atoms with van der Waals surface area (Å²) in [4.78, 5) is 23.3. The molecule has 0 aromatic carbocycles. The number of ether oxygens (including phenoxy) is 1. The van der Waals surface area contributed by atoms with E-state index < -0.39 is 16.8 Å². The summed E-state index contributed by atoms with van der Waals surface area (Å²) in [6.45, 7) is 10.8. The Kier molecular flexibility index (Phi) is 8.09. The average molecular weight is 316 g/mol. The lowest BCUT2D eigenvalue weighted by atomic mass is 9.72. The van der Waals surface area contributed by atoms with Crippen molar-refractivity contribution in [3.8, 4) is 0 Å². The second-order valence-corrected chi connectivity index (χ2v) is 7.65. The highest BCUT2D eigenvalue weighted by atomic mass is 16.5. The standard InChI is InChI=1S/C17H32O5/c1-7-8-13(17(5,6)14(19)20)9-12(10-18)11-22-15(21)16(2,3)4/h12-13,18H,7-11H2,1-6H3,(H,19,20). The number of hydrogen-bond acceptors (Lipinski definition) is 4. The van der Waals surface area contributed by atoms with Crippen molar-refractivity contribution < 1.29 is 24.5 Å². The van der Waals surface area contributed by atoms with Gasteiger partial charge in [-0.15, -0.1) is 0 Å². The highest BCUT2D eigenvalue weighted by Gasteiger charge is 2.37. The zero-order chi connectivity index (χ0) is 17.6. The number of hydrogen-bond donors (Lipinski definition) is 2. The lowest BCUT2D eigenvalue weighted by molar-refractivity contribution is -0.156. The molecule has 0 spiro atoms. The third-order valence-corrected chi connectivity index (χ3v) is 4.15. The van der Waals surface area contributed by atoms with Crippen molar-refractivity contribution in [2.24, 2.45) is 22.7 Å². The fourth-order valence-electron chi connectivity index (χ4n) is 2.30. The van der Waals surface area contributed by atoms with E-state index in [1.807, 2.05) is 6.92 Å². The molecule has 0 radical (unpaired) electrons. The molecule has 0 rings (SSSR count). The van der Waals surface area contributed by atoms with Crippen LogP contribution in [-0.4, -0.2) is 35.4 Å². The van der Waals surface area contributed by atoms with Crippen LogP contribution >= 0.6 is 0 Å². The molecular weight excluding hydrogens is 284 g/mol. The van der Waals surface area contributed by atoms with Crippen LogP contribution in [0, 0.1) is 22.7 Å². The van der Waals surface area contributed by atoms with Crippen molar-refractivity contribution in [2.75, 3.05) is 13.2 Å². The maximum absolute atomic E-state index is 11.8. The number of carbonyl (C=O) groups excluding carboxylic acids is 1. The Morgan fingerprint density at radius 2 is 1.68 bits per heavy atom. The third kappa shape index (κ3) is 6.34. The molecular formula is C17H32O5. The van der Waals surface area contributed by atoms with Gasteiger partial charge < -0.3 is 14.9 Å². The van der Waals surface area contributed by atoms with Gasteiger partial charge in [-0.1, -0.05) is 13.3 Å². The second-order valence-electron chi connectivity index (χ2n) is 7.65. The van der Waals surface area contributed by atoms with E-state index >= 15 is 0 Å². The number of carboxylic acid groups (broad SMARTS) is 1.